The summed E-state index contributed by atoms with van der Waals surface area (Å²) in [6, 6.07) is 0. The van der Waals surface area contributed by atoms with Gasteiger partial charge in [-0.15, -0.1) is 0 Å². The Morgan fingerprint density at radius 2 is 1.25 bits per heavy atom. The maximum absolute atomic E-state index is 7.12. The molecule has 0 aromatic rings. The molecule has 0 saturated carbocycles. The smallest absolute Gasteiger partial charge is 0.430 e. The minimum absolute atomic E-state index is 0. The van der Waals surface area contributed by atoms with Crippen LogP contribution in [0.3, 0.4) is 0 Å². The lowest BCUT2D eigenvalue weighted by Gasteiger charge is -1.48. The van der Waals surface area contributed by atoms with Gasteiger partial charge < -0.3 is 10.0 Å². The summed E-state index contributed by atoms with van der Waals surface area (Å²) in [5, 5.41) is 14.2. The molecule has 0 aliphatic heterocycles. The quantitative estimate of drug-likeness (QED) is 0.306. The van der Waals surface area contributed by atoms with E-state index in [1.54, 1.807) is 0 Å². The first-order valence-corrected chi connectivity index (χ1v) is 0.632. The molecule has 0 amide bonds. The van der Waals surface area contributed by atoms with Crippen molar-refractivity contribution in [2.24, 2.45) is 0 Å². The molecule has 2 nitrogen and oxygen atoms in total. The second kappa shape index (κ2) is 9.26. The third-order valence-electron chi connectivity index (χ3n) is 0. The summed E-state index contributed by atoms with van der Waals surface area (Å²) in [6.45, 7) is 0. The molecule has 2 N–H and O–H groups in total. The van der Waals surface area contributed by atoms with Crippen molar-refractivity contribution in [1.29, 1.82) is 0 Å². The van der Waals surface area contributed by atoms with Crippen LogP contribution in [0.4, 0.5) is 0 Å². The normalized spacial score (nSPS) is 3.50. The van der Waals surface area contributed by atoms with Crippen molar-refractivity contribution in [3.8, 4) is 0 Å². The van der Waals surface area contributed by atoms with Gasteiger partial charge in [-0.3, -0.25) is 0 Å². The first kappa shape index (κ1) is 8.83. The van der Waals surface area contributed by atoms with Gasteiger partial charge in [-0.25, -0.2) is 0 Å². The number of hydrogen-bond acceptors (Lipinski definition) is 2. The summed E-state index contributed by atoms with van der Waals surface area (Å²) in [6.07, 6.45) is 0. The van der Waals surface area contributed by atoms with Crippen molar-refractivity contribution in [1.82, 2.24) is 0 Å². The Morgan fingerprint density at radius 3 is 1.25 bits per heavy atom. The summed E-state index contributed by atoms with van der Waals surface area (Å²) >= 11 is 0. The molecule has 4 heteroatoms. The molecule has 4 heavy (non-hydrogen) atoms. The van der Waals surface area contributed by atoms with E-state index < -0.39 is 7.69 Å². The molecule has 0 spiro atoms. The van der Waals surface area contributed by atoms with Crippen LogP contribution in [0.25, 0.3) is 0 Å². The topological polar surface area (TPSA) is 40.5 Å². The van der Waals surface area contributed by atoms with E-state index >= 15 is 0 Å². The van der Waals surface area contributed by atoms with E-state index in [4.69, 9.17) is 10.0 Å². The summed E-state index contributed by atoms with van der Waals surface area (Å²) in [5.74, 6) is 0. The summed E-state index contributed by atoms with van der Waals surface area (Å²) in [5.41, 5.74) is 0. The maximum Gasteiger partial charge on any atom is 0.432 e. The van der Waals surface area contributed by atoms with Crippen LogP contribution < -0.4 is 0 Å². The molecule has 0 aliphatic rings. The highest BCUT2D eigenvalue weighted by atomic mass is 24.3. The average Bonchev–Trinajstić information content (AvgIpc) is 0.918. The van der Waals surface area contributed by atoms with Gasteiger partial charge in [-0.1, -0.05) is 0 Å². The molecule has 0 radical (unpaired) electrons. The first-order valence-electron chi connectivity index (χ1n) is 0.632. The van der Waals surface area contributed by atoms with E-state index in [-0.39, 0.29) is 23.1 Å². The van der Waals surface area contributed by atoms with E-state index in [0.717, 1.165) is 0 Å². The van der Waals surface area contributed by atoms with Crippen molar-refractivity contribution >= 4 is 30.7 Å². The molecular weight excluding hydrogens is 67.1 g/mol. The van der Waals surface area contributed by atoms with E-state index in [1.807, 2.05) is 0 Å². The molecule has 0 aromatic carbocycles. The van der Waals surface area contributed by atoms with Crippen LogP contribution in [0.5, 0.6) is 0 Å². The molecule has 0 atom stereocenters. The van der Waals surface area contributed by atoms with Crippen LogP contribution in [0.2, 0.25) is 0 Å². The van der Waals surface area contributed by atoms with E-state index in [9.17, 15) is 0 Å². The van der Waals surface area contributed by atoms with Crippen LogP contribution in [0.15, 0.2) is 0 Å². The number of rotatable bonds is 0. The molecule has 0 bridgehead atoms. The summed E-state index contributed by atoms with van der Waals surface area (Å²) < 4.78 is 0. The third kappa shape index (κ3) is 15.0. The van der Waals surface area contributed by atoms with Crippen molar-refractivity contribution in [3.05, 3.63) is 0 Å². The molecule has 0 heterocycles. The zero-order valence-corrected chi connectivity index (χ0v) is 1.60. The third-order valence-corrected chi connectivity index (χ3v) is 0. The van der Waals surface area contributed by atoms with Gasteiger partial charge in [-0.05, 0) is 0 Å². The monoisotopic (exact) mass is 72.0 g/mol. The van der Waals surface area contributed by atoms with Crippen LogP contribution in [0.1, 0.15) is 0 Å². The highest BCUT2D eigenvalue weighted by Gasteiger charge is 1.48. The van der Waals surface area contributed by atoms with Crippen molar-refractivity contribution in [2.45, 2.75) is 0 Å². The van der Waals surface area contributed by atoms with E-state index in [2.05, 4.69) is 0 Å². The lowest BCUT2D eigenvalue weighted by atomic mass is 10.5. The van der Waals surface area contributed by atoms with Gasteiger partial charge >= 0.3 is 30.7 Å². The Labute approximate surface area is 41.3 Å². The standard InChI is InChI=1S/BH3O2.Mg.2H/c2-1-3;;;/h1-3H;;;. The number of hydrogen-bond donors (Lipinski definition) is 2. The summed E-state index contributed by atoms with van der Waals surface area (Å²) in [4.78, 5) is 0. The molecular formula is H5BMgO2. The highest BCUT2D eigenvalue weighted by Crippen LogP contribution is 1.08. The Morgan fingerprint density at radius 1 is 1.25 bits per heavy atom. The molecule has 0 unspecified atom stereocenters. The van der Waals surface area contributed by atoms with Gasteiger partial charge in [0.05, 0.1) is 0 Å². The Balaban J connectivity index is 0. The lowest BCUT2D eigenvalue weighted by Crippen LogP contribution is -1.75. The van der Waals surface area contributed by atoms with Gasteiger partial charge in [0.15, 0.2) is 0 Å². The zero-order valence-electron chi connectivity index (χ0n) is 1.60. The predicted molar refractivity (Wildman–Crippen MR) is 20.1 cm³/mol. The first-order chi connectivity index (χ1) is 1.41. The van der Waals surface area contributed by atoms with Gasteiger partial charge in [0.2, 0.25) is 0 Å². The summed E-state index contributed by atoms with van der Waals surface area (Å²) in [7, 11) is -0.750. The molecule has 0 fully saturated rings. The Bertz CT molecular complexity index is 6.00. The molecule has 0 rings (SSSR count). The second-order valence-corrected chi connectivity index (χ2v) is 0.141. The molecule has 0 saturated heterocycles. The fourth-order valence-corrected chi connectivity index (χ4v) is 0. The predicted octanol–water partition coefficient (Wildman–Crippen LogP) is -2.68. The maximum atomic E-state index is 7.12. The van der Waals surface area contributed by atoms with E-state index in [1.165, 1.54) is 0 Å². The SMILES string of the molecule is OBO.[MgH2]. The van der Waals surface area contributed by atoms with Gasteiger partial charge in [0.25, 0.3) is 0 Å². The molecule has 0 aromatic heterocycles. The van der Waals surface area contributed by atoms with Crippen molar-refractivity contribution < 1.29 is 10.0 Å². The van der Waals surface area contributed by atoms with Crippen molar-refractivity contribution in [3.63, 3.8) is 0 Å². The second-order valence-electron chi connectivity index (χ2n) is 0.141. The fraction of sp³-hybridized carbons (Fsp3) is 0. The minimum Gasteiger partial charge on any atom is -0.430 e. The minimum atomic E-state index is -0.750. The average molecular weight is 72.2 g/mol. The largest absolute Gasteiger partial charge is 0.432 e. The van der Waals surface area contributed by atoms with Crippen LogP contribution in [0, 0.1) is 0 Å². The van der Waals surface area contributed by atoms with Crippen LogP contribution in [-0.4, -0.2) is 40.8 Å². The fourth-order valence-electron chi connectivity index (χ4n) is 0. The van der Waals surface area contributed by atoms with Gasteiger partial charge in [0, 0.05) is 0 Å². The Hall–Kier alpha value is 0.751. The molecule has 0 aliphatic carbocycles. The van der Waals surface area contributed by atoms with Gasteiger partial charge in [0.1, 0.15) is 0 Å². The zero-order chi connectivity index (χ0) is 2.71. The van der Waals surface area contributed by atoms with Crippen LogP contribution in [-0.2, 0) is 0 Å². The lowest BCUT2D eigenvalue weighted by molar-refractivity contribution is 0.448. The Kier molecular flexibility index (Phi) is 20.4. The highest BCUT2D eigenvalue weighted by molar-refractivity contribution is 6.13. The van der Waals surface area contributed by atoms with E-state index in [0.29, 0.717) is 0 Å². The molecule has 22 valence electrons. The van der Waals surface area contributed by atoms with Crippen molar-refractivity contribution in [2.75, 3.05) is 0 Å². The van der Waals surface area contributed by atoms with Crippen LogP contribution >= 0.6 is 0 Å². The van der Waals surface area contributed by atoms with Gasteiger partial charge in [-0.2, -0.15) is 0 Å².